The topological polar surface area (TPSA) is 38.7 Å². The monoisotopic (exact) mass is 135 g/mol. The molecule has 0 aliphatic carbocycles. The maximum absolute atomic E-state index is 9.50. The van der Waals surface area contributed by atoms with Gasteiger partial charge in [0.2, 0.25) is 6.08 Å². The van der Waals surface area contributed by atoms with Crippen LogP contribution in [0.25, 0.3) is 0 Å². The standard InChI is InChI=1S/C4H6ClNO2/c1-8-4(2-5)6-3-7/h4H,2H2,1H3. The molecule has 0 aliphatic rings. The first kappa shape index (κ1) is 7.63. The van der Waals surface area contributed by atoms with Crippen LogP contribution in [0.5, 0.6) is 0 Å². The van der Waals surface area contributed by atoms with Crippen LogP contribution in [0.3, 0.4) is 0 Å². The van der Waals surface area contributed by atoms with E-state index in [2.05, 4.69) is 9.73 Å². The van der Waals surface area contributed by atoms with E-state index in [9.17, 15) is 4.79 Å². The van der Waals surface area contributed by atoms with Crippen LogP contribution in [-0.2, 0) is 9.53 Å². The Hall–Kier alpha value is -0.370. The lowest BCUT2D eigenvalue weighted by Crippen LogP contribution is -2.07. The summed E-state index contributed by atoms with van der Waals surface area (Å²) in [5.74, 6) is 0.186. The average molecular weight is 136 g/mol. The van der Waals surface area contributed by atoms with Gasteiger partial charge in [0.15, 0.2) is 6.23 Å². The minimum atomic E-state index is -0.533. The van der Waals surface area contributed by atoms with Crippen molar-refractivity contribution in [1.82, 2.24) is 0 Å². The Kier molecular flexibility index (Phi) is 4.56. The molecule has 0 aromatic heterocycles. The van der Waals surface area contributed by atoms with Crippen LogP contribution >= 0.6 is 11.6 Å². The van der Waals surface area contributed by atoms with Gasteiger partial charge in [-0.2, -0.15) is 4.99 Å². The van der Waals surface area contributed by atoms with Gasteiger partial charge in [0, 0.05) is 7.11 Å². The summed E-state index contributed by atoms with van der Waals surface area (Å²) in [5.41, 5.74) is 0. The third-order valence-electron chi connectivity index (χ3n) is 0.601. The largest absolute Gasteiger partial charge is 0.358 e. The second-order valence-corrected chi connectivity index (χ2v) is 1.37. The number of nitrogens with zero attached hydrogens (tertiary/aromatic N) is 1. The summed E-state index contributed by atoms with van der Waals surface area (Å²) in [4.78, 5) is 12.7. The Morgan fingerprint density at radius 3 is 2.75 bits per heavy atom. The molecule has 4 heteroatoms. The molecule has 0 aromatic carbocycles. The lowest BCUT2D eigenvalue weighted by Gasteiger charge is -1.99. The van der Waals surface area contributed by atoms with E-state index < -0.39 is 6.23 Å². The first-order valence-corrected chi connectivity index (χ1v) is 2.54. The lowest BCUT2D eigenvalue weighted by atomic mass is 10.7. The smallest absolute Gasteiger partial charge is 0.237 e. The van der Waals surface area contributed by atoms with E-state index in [1.54, 1.807) is 0 Å². The number of hydrogen-bond donors (Lipinski definition) is 0. The summed E-state index contributed by atoms with van der Waals surface area (Å²) < 4.78 is 4.58. The van der Waals surface area contributed by atoms with Crippen molar-refractivity contribution < 1.29 is 9.53 Å². The molecular formula is C4H6ClNO2. The molecule has 0 rings (SSSR count). The van der Waals surface area contributed by atoms with Gasteiger partial charge in [0.25, 0.3) is 0 Å². The second-order valence-electron chi connectivity index (χ2n) is 1.07. The van der Waals surface area contributed by atoms with Crippen LogP contribution in [0.1, 0.15) is 0 Å². The van der Waals surface area contributed by atoms with E-state index in [4.69, 9.17) is 11.6 Å². The zero-order valence-electron chi connectivity index (χ0n) is 4.43. The fourth-order valence-electron chi connectivity index (χ4n) is 0.209. The predicted octanol–water partition coefficient (Wildman–Crippen LogP) is 0.534. The number of rotatable bonds is 3. The second kappa shape index (κ2) is 4.78. The normalized spacial score (nSPS) is 12.2. The van der Waals surface area contributed by atoms with E-state index in [1.807, 2.05) is 0 Å². The molecule has 0 amide bonds. The van der Waals surface area contributed by atoms with Crippen molar-refractivity contribution in [3.63, 3.8) is 0 Å². The summed E-state index contributed by atoms with van der Waals surface area (Å²) >= 11 is 5.25. The molecule has 8 heavy (non-hydrogen) atoms. The Morgan fingerprint density at radius 1 is 2.00 bits per heavy atom. The van der Waals surface area contributed by atoms with Crippen molar-refractivity contribution in [2.24, 2.45) is 4.99 Å². The van der Waals surface area contributed by atoms with E-state index in [0.717, 1.165) is 0 Å². The summed E-state index contributed by atoms with van der Waals surface area (Å²) in [6, 6.07) is 0. The predicted molar refractivity (Wildman–Crippen MR) is 29.6 cm³/mol. The Bertz CT molecular complexity index is 96.2. The van der Waals surface area contributed by atoms with E-state index in [0.29, 0.717) is 0 Å². The molecule has 0 spiro atoms. The third kappa shape index (κ3) is 2.75. The van der Waals surface area contributed by atoms with Crippen molar-refractivity contribution in [3.8, 4) is 0 Å². The number of ether oxygens (including phenoxy) is 1. The van der Waals surface area contributed by atoms with Crippen molar-refractivity contribution in [3.05, 3.63) is 0 Å². The third-order valence-corrected chi connectivity index (χ3v) is 0.865. The molecule has 1 unspecified atom stereocenters. The molecule has 3 nitrogen and oxygen atoms in total. The van der Waals surface area contributed by atoms with Crippen molar-refractivity contribution in [2.45, 2.75) is 6.23 Å². The minimum Gasteiger partial charge on any atom is -0.358 e. The van der Waals surface area contributed by atoms with E-state index >= 15 is 0 Å². The van der Waals surface area contributed by atoms with Gasteiger partial charge in [-0.3, -0.25) is 0 Å². The molecular weight excluding hydrogens is 130 g/mol. The fraction of sp³-hybridized carbons (Fsp3) is 0.750. The highest BCUT2D eigenvalue weighted by Crippen LogP contribution is 1.91. The number of carbonyl (C=O) groups excluding carboxylic acids is 1. The maximum atomic E-state index is 9.50. The minimum absolute atomic E-state index is 0.186. The fourth-order valence-corrected chi connectivity index (χ4v) is 0.404. The molecule has 46 valence electrons. The lowest BCUT2D eigenvalue weighted by molar-refractivity contribution is 0.129. The van der Waals surface area contributed by atoms with Crippen molar-refractivity contribution in [1.29, 1.82) is 0 Å². The van der Waals surface area contributed by atoms with Gasteiger partial charge in [-0.25, -0.2) is 4.79 Å². The number of isocyanates is 1. The van der Waals surface area contributed by atoms with Crippen molar-refractivity contribution >= 4 is 17.7 Å². The number of hydrogen-bond acceptors (Lipinski definition) is 3. The molecule has 0 fully saturated rings. The highest BCUT2D eigenvalue weighted by atomic mass is 35.5. The number of alkyl halides is 1. The molecule has 0 aromatic rings. The van der Waals surface area contributed by atoms with Crippen LogP contribution in [0.4, 0.5) is 0 Å². The van der Waals surface area contributed by atoms with Gasteiger partial charge in [0.05, 0.1) is 5.88 Å². The molecule has 0 aliphatic heterocycles. The highest BCUT2D eigenvalue weighted by molar-refractivity contribution is 6.18. The Labute approximate surface area is 52.3 Å². The molecule has 0 saturated heterocycles. The van der Waals surface area contributed by atoms with Gasteiger partial charge in [-0.05, 0) is 0 Å². The summed E-state index contributed by atoms with van der Waals surface area (Å²) in [6.07, 6.45) is 0.802. The molecule has 0 bridgehead atoms. The van der Waals surface area contributed by atoms with Crippen LogP contribution in [0.15, 0.2) is 4.99 Å². The summed E-state index contributed by atoms with van der Waals surface area (Å²) in [5, 5.41) is 0. The van der Waals surface area contributed by atoms with Gasteiger partial charge in [-0.1, -0.05) is 0 Å². The molecule has 0 N–H and O–H groups in total. The van der Waals surface area contributed by atoms with Crippen LogP contribution < -0.4 is 0 Å². The maximum Gasteiger partial charge on any atom is 0.237 e. The van der Waals surface area contributed by atoms with Crippen LogP contribution in [-0.4, -0.2) is 25.3 Å². The van der Waals surface area contributed by atoms with E-state index in [1.165, 1.54) is 13.2 Å². The van der Waals surface area contributed by atoms with Gasteiger partial charge < -0.3 is 4.74 Å². The summed E-state index contributed by atoms with van der Waals surface area (Å²) in [6.45, 7) is 0. The highest BCUT2D eigenvalue weighted by Gasteiger charge is 1.98. The SMILES string of the molecule is COC(CCl)N=C=O. The number of aliphatic imine (C=N–C) groups is 1. The molecule has 1 atom stereocenters. The first-order valence-electron chi connectivity index (χ1n) is 2.01. The van der Waals surface area contributed by atoms with Crippen LogP contribution in [0, 0.1) is 0 Å². The zero-order valence-corrected chi connectivity index (χ0v) is 5.18. The quantitative estimate of drug-likeness (QED) is 0.322. The van der Waals surface area contributed by atoms with Gasteiger partial charge in [-0.15, -0.1) is 11.6 Å². The van der Waals surface area contributed by atoms with E-state index in [-0.39, 0.29) is 5.88 Å². The molecule has 0 saturated carbocycles. The summed E-state index contributed by atoms with van der Waals surface area (Å²) in [7, 11) is 1.42. The van der Waals surface area contributed by atoms with Crippen molar-refractivity contribution in [2.75, 3.05) is 13.0 Å². The van der Waals surface area contributed by atoms with Gasteiger partial charge >= 0.3 is 0 Å². The first-order chi connectivity index (χ1) is 3.85. The van der Waals surface area contributed by atoms with Crippen LogP contribution in [0.2, 0.25) is 0 Å². The Balaban J connectivity index is 3.52. The van der Waals surface area contributed by atoms with Gasteiger partial charge in [0.1, 0.15) is 0 Å². The zero-order chi connectivity index (χ0) is 6.41. The molecule has 0 heterocycles. The molecule has 0 radical (unpaired) electrons. The number of methoxy groups -OCH3 is 1. The average Bonchev–Trinajstić information content (AvgIpc) is 1.83. The number of halogens is 1. The Morgan fingerprint density at radius 2 is 2.62 bits per heavy atom.